The zero-order valence-corrected chi connectivity index (χ0v) is 13.9. The van der Waals surface area contributed by atoms with E-state index in [0.717, 1.165) is 16.4 Å². The summed E-state index contributed by atoms with van der Waals surface area (Å²) in [4.78, 5) is -0.807. The van der Waals surface area contributed by atoms with Gasteiger partial charge in [0.1, 0.15) is 11.8 Å². The molecule has 0 saturated heterocycles. The Morgan fingerprint density at radius 3 is 2.25 bits per heavy atom. The van der Waals surface area contributed by atoms with Gasteiger partial charge in [-0.2, -0.15) is 18.4 Å². The third-order valence-electron chi connectivity index (χ3n) is 3.58. The zero-order chi connectivity index (χ0) is 18.3. The van der Waals surface area contributed by atoms with Gasteiger partial charge in [-0.05, 0) is 29.8 Å². The minimum atomic E-state index is -4.84. The minimum Gasteiger partial charge on any atom is -0.335 e. The Bertz CT molecular complexity index is 922. The van der Waals surface area contributed by atoms with Crippen molar-refractivity contribution in [2.45, 2.75) is 11.1 Å². The average Bonchev–Trinajstić information content (AvgIpc) is 2.86. The maximum absolute atomic E-state index is 13.4. The van der Waals surface area contributed by atoms with Gasteiger partial charge in [0.05, 0.1) is 10.5 Å². The number of benzene rings is 1. The molecule has 0 aliphatic heterocycles. The van der Waals surface area contributed by atoms with E-state index >= 15 is 0 Å². The van der Waals surface area contributed by atoms with E-state index < -0.39 is 26.7 Å². The lowest BCUT2D eigenvalue weighted by Crippen LogP contribution is -2.25. The van der Waals surface area contributed by atoms with Crippen LogP contribution in [0.25, 0.3) is 11.3 Å². The largest absolute Gasteiger partial charge is 0.417 e. The lowest BCUT2D eigenvalue weighted by molar-refractivity contribution is -0.139. The van der Waals surface area contributed by atoms with Crippen LogP contribution in [0.4, 0.5) is 13.2 Å². The fourth-order valence-electron chi connectivity index (χ4n) is 2.25. The van der Waals surface area contributed by atoms with Gasteiger partial charge in [0.2, 0.25) is 10.0 Å². The predicted octanol–water partition coefficient (Wildman–Crippen LogP) is 2.83. The molecule has 0 spiro atoms. The highest BCUT2D eigenvalue weighted by molar-refractivity contribution is 7.89. The summed E-state index contributed by atoms with van der Waals surface area (Å²) in [5.41, 5.74) is -0.410. The number of nitrogens with zero attached hydrogens (tertiary/aromatic N) is 3. The number of nitriles is 1. The Labute approximate surface area is 137 Å². The molecule has 1 aromatic carbocycles. The first-order valence-corrected chi connectivity index (χ1v) is 8.14. The molecule has 5 nitrogen and oxygen atoms in total. The van der Waals surface area contributed by atoms with Crippen LogP contribution in [0.3, 0.4) is 0 Å². The Hall–Kier alpha value is -2.31. The van der Waals surface area contributed by atoms with E-state index in [1.807, 2.05) is 6.07 Å². The van der Waals surface area contributed by atoms with Gasteiger partial charge in [-0.1, -0.05) is 6.07 Å². The van der Waals surface area contributed by atoms with Crippen LogP contribution in [0, 0.1) is 11.3 Å². The average molecular weight is 357 g/mol. The first-order valence-electron chi connectivity index (χ1n) is 6.70. The van der Waals surface area contributed by atoms with Crippen molar-refractivity contribution < 1.29 is 21.6 Å². The number of alkyl halides is 3. The molecule has 128 valence electrons. The van der Waals surface area contributed by atoms with Gasteiger partial charge >= 0.3 is 6.18 Å². The molecule has 24 heavy (non-hydrogen) atoms. The van der Waals surface area contributed by atoms with E-state index in [0.29, 0.717) is 5.69 Å². The van der Waals surface area contributed by atoms with Gasteiger partial charge in [-0.15, -0.1) is 0 Å². The van der Waals surface area contributed by atoms with Crippen LogP contribution < -0.4 is 0 Å². The summed E-state index contributed by atoms with van der Waals surface area (Å²) < 4.78 is 66.6. The van der Waals surface area contributed by atoms with Gasteiger partial charge < -0.3 is 4.57 Å². The van der Waals surface area contributed by atoms with E-state index in [9.17, 15) is 21.6 Å². The topological polar surface area (TPSA) is 66.1 Å². The quantitative estimate of drug-likeness (QED) is 0.848. The molecule has 0 bridgehead atoms. The van der Waals surface area contributed by atoms with Crippen LogP contribution >= 0.6 is 0 Å². The lowest BCUT2D eigenvalue weighted by Gasteiger charge is -2.18. The van der Waals surface area contributed by atoms with E-state index in [1.165, 1.54) is 36.9 Å². The Morgan fingerprint density at radius 2 is 1.79 bits per heavy atom. The maximum Gasteiger partial charge on any atom is 0.417 e. The standard InChI is InChI=1S/C15H14F3N3O2S/c1-20(2)24(22,23)14-7-4-10(8-12(14)15(16,17)18)13-6-5-11(9-19)21(13)3/h4-8H,1-3H3. The van der Waals surface area contributed by atoms with Crippen LogP contribution in [0.2, 0.25) is 0 Å². The van der Waals surface area contributed by atoms with Gasteiger partial charge in [-0.3, -0.25) is 0 Å². The summed E-state index contributed by atoms with van der Waals surface area (Å²) in [6.45, 7) is 0. The van der Waals surface area contributed by atoms with Gasteiger partial charge in [0.25, 0.3) is 0 Å². The fourth-order valence-corrected chi connectivity index (χ4v) is 3.33. The van der Waals surface area contributed by atoms with E-state index in [2.05, 4.69) is 0 Å². The number of sulfonamides is 1. The number of halogens is 3. The van der Waals surface area contributed by atoms with Gasteiger partial charge in [0, 0.05) is 26.8 Å². The van der Waals surface area contributed by atoms with Crippen molar-refractivity contribution in [2.75, 3.05) is 14.1 Å². The summed E-state index contributed by atoms with van der Waals surface area (Å²) in [7, 11) is -0.365. The molecule has 0 atom stereocenters. The molecule has 0 aliphatic carbocycles. The molecular formula is C15H14F3N3O2S. The first kappa shape index (κ1) is 18.0. The normalized spacial score (nSPS) is 12.4. The van der Waals surface area contributed by atoms with Gasteiger partial charge in [-0.25, -0.2) is 12.7 Å². The molecule has 2 rings (SSSR count). The molecule has 1 aromatic heterocycles. The molecule has 0 aliphatic rings. The third kappa shape index (κ3) is 3.02. The van der Waals surface area contributed by atoms with Crippen molar-refractivity contribution in [3.8, 4) is 17.3 Å². The number of hydrogen-bond donors (Lipinski definition) is 0. The second-order valence-corrected chi connectivity index (χ2v) is 7.39. The monoisotopic (exact) mass is 357 g/mol. The molecule has 1 heterocycles. The molecule has 2 aromatic rings. The Kier molecular flexibility index (Phi) is 4.48. The second-order valence-electron chi connectivity index (χ2n) is 5.27. The van der Waals surface area contributed by atoms with E-state index in [1.54, 1.807) is 7.05 Å². The summed E-state index contributed by atoms with van der Waals surface area (Å²) in [6, 6.07) is 7.92. The van der Waals surface area contributed by atoms with Crippen molar-refractivity contribution in [2.24, 2.45) is 7.05 Å². The third-order valence-corrected chi connectivity index (χ3v) is 5.45. The smallest absolute Gasteiger partial charge is 0.335 e. The van der Waals surface area contributed by atoms with Crippen LogP contribution in [-0.4, -0.2) is 31.4 Å². The van der Waals surface area contributed by atoms with Crippen molar-refractivity contribution in [3.05, 3.63) is 41.6 Å². The minimum absolute atomic E-state index is 0.170. The number of aromatic nitrogens is 1. The molecule has 0 unspecified atom stereocenters. The SMILES string of the molecule is CN(C)S(=O)(=O)c1ccc(-c2ccc(C#N)n2C)cc1C(F)(F)F. The first-order chi connectivity index (χ1) is 11.0. The molecule has 0 radical (unpaired) electrons. The van der Waals surface area contributed by atoms with Crippen molar-refractivity contribution in [1.82, 2.24) is 8.87 Å². The maximum atomic E-state index is 13.4. The molecule has 0 fully saturated rings. The summed E-state index contributed by atoms with van der Waals surface area (Å²) >= 11 is 0. The van der Waals surface area contributed by atoms with Gasteiger partial charge in [0.15, 0.2) is 0 Å². The number of rotatable bonds is 3. The molecule has 0 N–H and O–H groups in total. The van der Waals surface area contributed by atoms with Crippen LogP contribution in [0.15, 0.2) is 35.2 Å². The Balaban J connectivity index is 2.73. The van der Waals surface area contributed by atoms with Crippen molar-refractivity contribution in [1.29, 1.82) is 5.26 Å². The van der Waals surface area contributed by atoms with E-state index in [-0.39, 0.29) is 11.3 Å². The van der Waals surface area contributed by atoms with Crippen LogP contribution in [-0.2, 0) is 23.2 Å². The summed E-state index contributed by atoms with van der Waals surface area (Å²) in [6.07, 6.45) is -4.84. The highest BCUT2D eigenvalue weighted by Gasteiger charge is 2.38. The highest BCUT2D eigenvalue weighted by atomic mass is 32.2. The summed E-state index contributed by atoms with van der Waals surface area (Å²) in [5, 5.41) is 8.94. The highest BCUT2D eigenvalue weighted by Crippen LogP contribution is 2.37. The van der Waals surface area contributed by atoms with Crippen molar-refractivity contribution in [3.63, 3.8) is 0 Å². The fraction of sp³-hybridized carbons (Fsp3) is 0.267. The molecule has 9 heteroatoms. The molecular weight excluding hydrogens is 343 g/mol. The Morgan fingerprint density at radius 1 is 1.17 bits per heavy atom. The second kappa shape index (κ2) is 5.96. The molecule has 0 amide bonds. The predicted molar refractivity (Wildman–Crippen MR) is 81.4 cm³/mol. The van der Waals surface area contributed by atoms with E-state index in [4.69, 9.17) is 5.26 Å². The number of hydrogen-bond acceptors (Lipinski definition) is 3. The lowest BCUT2D eigenvalue weighted by atomic mass is 10.1. The van der Waals surface area contributed by atoms with Crippen molar-refractivity contribution >= 4 is 10.0 Å². The molecule has 0 saturated carbocycles. The van der Waals surface area contributed by atoms with Crippen LogP contribution in [0.1, 0.15) is 11.3 Å². The van der Waals surface area contributed by atoms with Crippen LogP contribution in [0.5, 0.6) is 0 Å². The zero-order valence-electron chi connectivity index (χ0n) is 13.1. The summed E-state index contributed by atoms with van der Waals surface area (Å²) in [5.74, 6) is 0.